The van der Waals surface area contributed by atoms with Gasteiger partial charge in [0.25, 0.3) is 0 Å². The van der Waals surface area contributed by atoms with Gasteiger partial charge < -0.3 is 10.3 Å². The van der Waals surface area contributed by atoms with Crippen molar-refractivity contribution in [3.8, 4) is 33.9 Å². The molecule has 40 heavy (non-hydrogen) atoms. The Labute approximate surface area is 228 Å². The Morgan fingerprint density at radius 2 is 1.68 bits per heavy atom. The van der Waals surface area contributed by atoms with Crippen LogP contribution in [-0.4, -0.2) is 35.1 Å². The Morgan fingerprint density at radius 1 is 0.800 bits per heavy atom. The number of nitrogens with one attached hydrogen (secondary N) is 3. The van der Waals surface area contributed by atoms with E-state index in [1.54, 1.807) is 30.9 Å². The maximum Gasteiger partial charge on any atom is 0.178 e. The second-order valence-corrected chi connectivity index (χ2v) is 9.48. The summed E-state index contributed by atoms with van der Waals surface area (Å²) >= 11 is 0. The molecule has 2 aromatic carbocycles. The van der Waals surface area contributed by atoms with Crippen LogP contribution in [0, 0.1) is 5.82 Å². The van der Waals surface area contributed by atoms with E-state index in [1.807, 2.05) is 48.5 Å². The molecule has 5 heterocycles. The lowest BCUT2D eigenvalue weighted by atomic mass is 10.0. The molecular formula is C31H23FN8. The van der Waals surface area contributed by atoms with Crippen LogP contribution in [0.25, 0.3) is 56.0 Å². The van der Waals surface area contributed by atoms with E-state index in [-0.39, 0.29) is 5.82 Å². The van der Waals surface area contributed by atoms with E-state index in [2.05, 4.69) is 47.6 Å². The van der Waals surface area contributed by atoms with Crippen LogP contribution in [0.3, 0.4) is 0 Å². The molecule has 0 fully saturated rings. The van der Waals surface area contributed by atoms with Gasteiger partial charge in [-0.3, -0.25) is 15.1 Å². The molecular weight excluding hydrogens is 503 g/mol. The first-order chi connectivity index (χ1) is 19.7. The lowest BCUT2D eigenvalue weighted by molar-refractivity contribution is 0.632. The number of fused-ring (bicyclic) bond motifs is 2. The number of rotatable bonds is 7. The van der Waals surface area contributed by atoms with Crippen molar-refractivity contribution in [3.05, 3.63) is 115 Å². The highest BCUT2D eigenvalue weighted by molar-refractivity contribution is 5.97. The quantitative estimate of drug-likeness (QED) is 0.233. The van der Waals surface area contributed by atoms with E-state index < -0.39 is 0 Å². The average molecular weight is 527 g/mol. The standard InChI is InChI=1S/C31H23FN8/c32-25-14-27-24(13-23(25)21-12-20(17-34-18-21)16-33-15-19-6-2-1-3-7-19)29(40-39-27)31-37-28-22(9-11-36-30(28)38-31)26-8-4-5-10-35-26/h1-14,17-18,33H,15-16H2,(H,39,40)(H,36,37,38). The van der Waals surface area contributed by atoms with Crippen LogP contribution in [0.4, 0.5) is 4.39 Å². The molecule has 0 saturated carbocycles. The first-order valence-corrected chi connectivity index (χ1v) is 12.9. The fourth-order valence-electron chi connectivity index (χ4n) is 4.88. The Bertz CT molecular complexity index is 1950. The van der Waals surface area contributed by atoms with E-state index in [9.17, 15) is 0 Å². The maximum atomic E-state index is 15.3. The summed E-state index contributed by atoms with van der Waals surface area (Å²) in [6.45, 7) is 1.35. The first kappa shape index (κ1) is 23.8. The molecule has 0 unspecified atom stereocenters. The predicted molar refractivity (Wildman–Crippen MR) is 152 cm³/mol. The summed E-state index contributed by atoms with van der Waals surface area (Å²) in [7, 11) is 0. The summed E-state index contributed by atoms with van der Waals surface area (Å²) in [6, 6.07) is 23.0. The molecule has 7 aromatic rings. The van der Waals surface area contributed by atoms with E-state index in [0.717, 1.165) is 34.3 Å². The average Bonchev–Trinajstić information content (AvgIpc) is 3.61. The minimum atomic E-state index is -0.359. The molecule has 0 aliphatic rings. The molecule has 0 amide bonds. The highest BCUT2D eigenvalue weighted by Gasteiger charge is 2.18. The lowest BCUT2D eigenvalue weighted by Crippen LogP contribution is -2.12. The molecule has 7 rings (SSSR count). The van der Waals surface area contributed by atoms with Gasteiger partial charge in [-0.25, -0.2) is 14.4 Å². The Kier molecular flexibility index (Phi) is 6.02. The van der Waals surface area contributed by atoms with Crippen molar-refractivity contribution in [2.75, 3.05) is 0 Å². The normalized spacial score (nSPS) is 11.4. The third kappa shape index (κ3) is 4.48. The van der Waals surface area contributed by atoms with Crippen molar-refractivity contribution in [2.24, 2.45) is 0 Å². The van der Waals surface area contributed by atoms with Gasteiger partial charge in [0.15, 0.2) is 11.5 Å². The van der Waals surface area contributed by atoms with Gasteiger partial charge in [0, 0.05) is 66.0 Å². The minimum absolute atomic E-state index is 0.359. The highest BCUT2D eigenvalue weighted by Crippen LogP contribution is 2.33. The molecule has 3 N–H and O–H groups in total. The Hall–Kier alpha value is -5.28. The molecule has 0 saturated heterocycles. The van der Waals surface area contributed by atoms with E-state index in [0.29, 0.717) is 40.4 Å². The van der Waals surface area contributed by atoms with Gasteiger partial charge in [-0.1, -0.05) is 36.4 Å². The number of benzene rings is 2. The number of pyridine rings is 3. The van der Waals surface area contributed by atoms with Crippen LogP contribution >= 0.6 is 0 Å². The number of aromatic nitrogens is 7. The summed E-state index contributed by atoms with van der Waals surface area (Å²) < 4.78 is 15.3. The Balaban J connectivity index is 1.23. The molecule has 0 radical (unpaired) electrons. The van der Waals surface area contributed by atoms with Crippen LogP contribution in [-0.2, 0) is 13.1 Å². The number of hydrogen-bond acceptors (Lipinski definition) is 6. The second kappa shape index (κ2) is 10.1. The third-order valence-electron chi connectivity index (χ3n) is 6.81. The molecule has 0 spiro atoms. The van der Waals surface area contributed by atoms with Crippen LogP contribution in [0.5, 0.6) is 0 Å². The number of hydrogen-bond donors (Lipinski definition) is 3. The van der Waals surface area contributed by atoms with Gasteiger partial charge in [-0.15, -0.1) is 0 Å². The molecule has 8 nitrogen and oxygen atoms in total. The third-order valence-corrected chi connectivity index (χ3v) is 6.81. The minimum Gasteiger partial charge on any atom is -0.335 e. The number of halogens is 1. The number of nitrogens with zero attached hydrogens (tertiary/aromatic N) is 5. The van der Waals surface area contributed by atoms with E-state index >= 15 is 4.39 Å². The molecule has 0 aliphatic heterocycles. The molecule has 0 aliphatic carbocycles. The van der Waals surface area contributed by atoms with Crippen LogP contribution in [0.1, 0.15) is 11.1 Å². The fourth-order valence-corrected chi connectivity index (χ4v) is 4.88. The van der Waals surface area contributed by atoms with E-state index in [1.165, 1.54) is 11.6 Å². The van der Waals surface area contributed by atoms with Gasteiger partial charge >= 0.3 is 0 Å². The smallest absolute Gasteiger partial charge is 0.178 e. The summed E-state index contributed by atoms with van der Waals surface area (Å²) in [4.78, 5) is 21.3. The van der Waals surface area contributed by atoms with Gasteiger partial charge in [-0.2, -0.15) is 5.10 Å². The first-order valence-electron chi connectivity index (χ1n) is 12.9. The van der Waals surface area contributed by atoms with Crippen LogP contribution in [0.15, 0.2) is 97.6 Å². The fraction of sp³-hybridized carbons (Fsp3) is 0.0645. The summed E-state index contributed by atoms with van der Waals surface area (Å²) in [5, 5.41) is 11.6. The number of imidazole rings is 1. The monoisotopic (exact) mass is 526 g/mol. The molecule has 9 heteroatoms. The van der Waals surface area contributed by atoms with Gasteiger partial charge in [0.1, 0.15) is 11.5 Å². The summed E-state index contributed by atoms with van der Waals surface area (Å²) in [6.07, 6.45) is 6.93. The molecule has 0 atom stereocenters. The van der Waals surface area contributed by atoms with Crippen molar-refractivity contribution in [3.63, 3.8) is 0 Å². The highest BCUT2D eigenvalue weighted by atomic mass is 19.1. The van der Waals surface area contributed by atoms with Gasteiger partial charge in [0.2, 0.25) is 0 Å². The van der Waals surface area contributed by atoms with Crippen LogP contribution < -0.4 is 5.32 Å². The molecule has 194 valence electrons. The largest absolute Gasteiger partial charge is 0.335 e. The summed E-state index contributed by atoms with van der Waals surface area (Å²) in [5.74, 6) is 0.175. The second-order valence-electron chi connectivity index (χ2n) is 9.48. The molecule has 5 aromatic heterocycles. The number of H-pyrrole nitrogens is 2. The van der Waals surface area contributed by atoms with Gasteiger partial charge in [-0.05, 0) is 41.5 Å². The Morgan fingerprint density at radius 3 is 2.55 bits per heavy atom. The van der Waals surface area contributed by atoms with Crippen molar-refractivity contribution < 1.29 is 4.39 Å². The van der Waals surface area contributed by atoms with Crippen molar-refractivity contribution in [1.29, 1.82) is 0 Å². The zero-order chi connectivity index (χ0) is 26.9. The zero-order valence-electron chi connectivity index (χ0n) is 21.3. The van der Waals surface area contributed by atoms with Crippen molar-refractivity contribution >= 4 is 22.1 Å². The van der Waals surface area contributed by atoms with Crippen molar-refractivity contribution in [1.82, 2.24) is 40.4 Å². The predicted octanol–water partition coefficient (Wildman–Crippen LogP) is 6.05. The van der Waals surface area contributed by atoms with Crippen LogP contribution in [0.2, 0.25) is 0 Å². The number of aromatic amines is 2. The van der Waals surface area contributed by atoms with Crippen molar-refractivity contribution in [2.45, 2.75) is 13.1 Å². The summed E-state index contributed by atoms with van der Waals surface area (Å²) in [5.41, 5.74) is 7.45. The zero-order valence-corrected chi connectivity index (χ0v) is 21.3. The maximum absolute atomic E-state index is 15.3. The lowest BCUT2D eigenvalue weighted by Gasteiger charge is -2.08. The van der Waals surface area contributed by atoms with Gasteiger partial charge in [0.05, 0.1) is 16.7 Å². The SMILES string of the molecule is Fc1cc2[nH]nc(-c3nc4nccc(-c5ccccn5)c4[nH]3)c2cc1-c1cncc(CNCc2ccccc2)c1. The topological polar surface area (TPSA) is 108 Å². The van der Waals surface area contributed by atoms with E-state index in [4.69, 9.17) is 4.98 Å². The molecule has 0 bridgehead atoms.